The molecule has 0 N–H and O–H groups in total. The van der Waals surface area contributed by atoms with Gasteiger partial charge in [-0.3, -0.25) is 0 Å². The number of unbranched alkanes of at least 4 members (excludes halogenated alkanes) is 24. The number of rotatable bonds is 32. The summed E-state index contributed by atoms with van der Waals surface area (Å²) in [6, 6.07) is 0. The summed E-state index contributed by atoms with van der Waals surface area (Å²) in [5, 5.41) is 20.2. The molecule has 9 heteroatoms. The Kier molecular flexibility index (Phi) is 44.7. The van der Waals surface area contributed by atoms with Gasteiger partial charge < -0.3 is 29.3 Å². The molecule has 268 valence electrons. The summed E-state index contributed by atoms with van der Waals surface area (Å²) in [5.74, 6) is -4.01. The van der Waals surface area contributed by atoms with Gasteiger partial charge in [-0.2, -0.15) is 0 Å². The number of carboxylic acids is 2. The van der Waals surface area contributed by atoms with Crippen molar-refractivity contribution in [2.24, 2.45) is 0 Å². The van der Waals surface area contributed by atoms with Gasteiger partial charge in [0, 0.05) is 12.2 Å². The van der Waals surface area contributed by atoms with Crippen LogP contribution in [-0.2, 0) is 56.0 Å². The van der Waals surface area contributed by atoms with Crippen LogP contribution in [0, 0.1) is 0 Å². The molecule has 0 aromatic heterocycles. The first-order valence-corrected chi connectivity index (χ1v) is 18.4. The Balaban J connectivity index is -0.000000807. The van der Waals surface area contributed by atoms with Crippen molar-refractivity contribution in [3.05, 3.63) is 24.3 Å². The van der Waals surface area contributed by atoms with Crippen LogP contribution in [0.25, 0.3) is 0 Å². The minimum atomic E-state index is -1.39. The predicted molar refractivity (Wildman–Crippen MR) is 182 cm³/mol. The molecule has 0 aromatic rings. The maximum absolute atomic E-state index is 11.1. The Morgan fingerprint density at radius 2 is 0.596 bits per heavy atom. The van der Waals surface area contributed by atoms with E-state index in [-0.39, 0.29) is 27.3 Å². The largest absolute Gasteiger partial charge is 2.00 e. The van der Waals surface area contributed by atoms with Crippen molar-refractivity contribution in [2.45, 2.75) is 181 Å². The smallest absolute Gasteiger partial charge is 0.545 e. The normalized spacial score (nSPS) is 10.8. The van der Waals surface area contributed by atoms with Gasteiger partial charge in [-0.1, -0.05) is 168 Å². The van der Waals surface area contributed by atoms with Crippen molar-refractivity contribution in [2.75, 3.05) is 13.2 Å². The quantitative estimate of drug-likeness (QED) is 0.0293. The van der Waals surface area contributed by atoms with Crippen molar-refractivity contribution in [1.29, 1.82) is 0 Å². The third kappa shape index (κ3) is 48.8. The van der Waals surface area contributed by atoms with E-state index in [4.69, 9.17) is 9.47 Å². The van der Waals surface area contributed by atoms with Crippen LogP contribution in [0.4, 0.5) is 0 Å². The van der Waals surface area contributed by atoms with E-state index in [9.17, 15) is 29.4 Å². The summed E-state index contributed by atoms with van der Waals surface area (Å²) < 4.78 is 9.75. The zero-order valence-electron chi connectivity index (χ0n) is 30.1. The molecule has 0 radical (unpaired) electrons. The van der Waals surface area contributed by atoms with E-state index in [0.29, 0.717) is 25.4 Å². The Hall–Kier alpha value is -1.72. The number of carboxylic acid groups (broad SMARTS) is 2. The number of hydrogen-bond donors (Lipinski definition) is 0. The van der Waals surface area contributed by atoms with Gasteiger partial charge in [-0.05, 0) is 25.0 Å². The van der Waals surface area contributed by atoms with Gasteiger partial charge in [0.25, 0.3) is 0 Å². The van der Waals surface area contributed by atoms with Gasteiger partial charge in [0.1, 0.15) is 0 Å². The Labute approximate surface area is 307 Å². The van der Waals surface area contributed by atoms with Crippen LogP contribution in [-0.4, -0.2) is 37.1 Å². The summed E-state index contributed by atoms with van der Waals surface area (Å²) >= 11 is 0. The number of carbonyl (C=O) groups excluding carboxylic acids is 4. The van der Waals surface area contributed by atoms with Gasteiger partial charge in [-0.25, -0.2) is 9.59 Å². The SMILES string of the molecule is CCCCCCCCCCCCCCCOC(=O)/C=C\C(=O)[O-].CCCCCCCCCCCCCCCOC(=O)/C=C\C(=O)[O-].[Cd+2]. The summed E-state index contributed by atoms with van der Waals surface area (Å²) in [6.45, 7) is 5.21. The van der Waals surface area contributed by atoms with E-state index in [1.54, 1.807) is 0 Å². The maximum Gasteiger partial charge on any atom is 2.00 e. The molecular formula is C38H66CdO8. The fraction of sp³-hybridized carbons (Fsp3) is 0.789. The van der Waals surface area contributed by atoms with E-state index in [1.807, 2.05) is 0 Å². The van der Waals surface area contributed by atoms with Crippen LogP contribution in [0.1, 0.15) is 181 Å². The molecule has 8 nitrogen and oxygen atoms in total. The molecule has 0 saturated carbocycles. The molecule has 0 atom stereocenters. The topological polar surface area (TPSA) is 133 Å². The molecule has 0 aliphatic carbocycles. The van der Waals surface area contributed by atoms with Crippen molar-refractivity contribution < 1.29 is 66.2 Å². The summed E-state index contributed by atoms with van der Waals surface area (Å²) in [7, 11) is 0. The van der Waals surface area contributed by atoms with Crippen molar-refractivity contribution in [3.63, 3.8) is 0 Å². The third-order valence-corrected chi connectivity index (χ3v) is 7.70. The Bertz CT molecular complexity index is 718. The van der Waals surface area contributed by atoms with E-state index in [1.165, 1.54) is 141 Å². The molecule has 0 aromatic carbocycles. The first-order chi connectivity index (χ1) is 22.3. The standard InChI is InChI=1S/2C19H34O4.Cd/c2*1-2-3-4-5-6-7-8-9-10-11-12-13-14-17-23-19(22)16-15-18(20)21;/h2*15-16H,2-14,17H2,1H3,(H,20,21);/q;;+2/p-2/b2*16-15-;. The molecular weight excluding hydrogens is 697 g/mol. The Morgan fingerprint density at radius 3 is 0.809 bits per heavy atom. The molecule has 0 bridgehead atoms. The first-order valence-electron chi connectivity index (χ1n) is 18.4. The third-order valence-electron chi connectivity index (χ3n) is 7.70. The average molecular weight is 763 g/mol. The fourth-order valence-electron chi connectivity index (χ4n) is 4.95. The zero-order valence-corrected chi connectivity index (χ0v) is 34.1. The minimum Gasteiger partial charge on any atom is -0.545 e. The summed E-state index contributed by atoms with van der Waals surface area (Å²) in [4.78, 5) is 42.3. The van der Waals surface area contributed by atoms with Gasteiger partial charge in [0.15, 0.2) is 0 Å². The number of ether oxygens (including phenoxy) is 2. The molecule has 0 aliphatic rings. The minimum absolute atomic E-state index is 0. The monoisotopic (exact) mass is 764 g/mol. The molecule has 0 unspecified atom stereocenters. The van der Waals surface area contributed by atoms with Crippen LogP contribution in [0.2, 0.25) is 0 Å². The van der Waals surface area contributed by atoms with Crippen molar-refractivity contribution in [3.8, 4) is 0 Å². The predicted octanol–water partition coefficient (Wildman–Crippen LogP) is 7.85. The second-order valence-electron chi connectivity index (χ2n) is 12.1. The van der Waals surface area contributed by atoms with Crippen LogP contribution < -0.4 is 10.2 Å². The van der Waals surface area contributed by atoms with E-state index >= 15 is 0 Å². The first kappa shape index (κ1) is 49.7. The zero-order chi connectivity index (χ0) is 34.4. The molecule has 0 heterocycles. The molecule has 0 amide bonds. The van der Waals surface area contributed by atoms with Crippen molar-refractivity contribution in [1.82, 2.24) is 0 Å². The second kappa shape index (κ2) is 42.3. The molecule has 0 saturated heterocycles. The van der Waals surface area contributed by atoms with Gasteiger partial charge in [-0.15, -0.1) is 0 Å². The molecule has 0 rings (SSSR count). The second-order valence-corrected chi connectivity index (χ2v) is 12.1. The van der Waals surface area contributed by atoms with E-state index in [0.717, 1.165) is 37.8 Å². The molecule has 0 aliphatic heterocycles. The summed E-state index contributed by atoms with van der Waals surface area (Å²) in [5.41, 5.74) is 0. The molecule has 47 heavy (non-hydrogen) atoms. The van der Waals surface area contributed by atoms with E-state index < -0.39 is 23.9 Å². The van der Waals surface area contributed by atoms with Gasteiger partial charge in [0.2, 0.25) is 0 Å². The van der Waals surface area contributed by atoms with Gasteiger partial charge >= 0.3 is 39.2 Å². The number of aliphatic carboxylic acids is 2. The Morgan fingerprint density at radius 1 is 0.383 bits per heavy atom. The van der Waals surface area contributed by atoms with Crippen LogP contribution in [0.15, 0.2) is 24.3 Å². The number of carbonyl (C=O) groups is 4. The fourth-order valence-corrected chi connectivity index (χ4v) is 4.95. The van der Waals surface area contributed by atoms with Crippen LogP contribution in [0.5, 0.6) is 0 Å². The number of esters is 2. The average Bonchev–Trinajstić information content (AvgIpc) is 3.03. The van der Waals surface area contributed by atoms with Crippen molar-refractivity contribution >= 4 is 23.9 Å². The van der Waals surface area contributed by atoms with E-state index in [2.05, 4.69) is 13.8 Å². The van der Waals surface area contributed by atoms with Gasteiger partial charge in [0.05, 0.1) is 25.2 Å². The van der Waals surface area contributed by atoms with Crippen LogP contribution in [0.3, 0.4) is 0 Å². The molecule has 0 spiro atoms. The maximum atomic E-state index is 11.1. The summed E-state index contributed by atoms with van der Waals surface area (Å²) in [6.07, 6.45) is 36.2. The molecule has 0 fully saturated rings. The number of hydrogen-bond acceptors (Lipinski definition) is 8. The van der Waals surface area contributed by atoms with Crippen LogP contribution >= 0.6 is 0 Å².